The average Bonchev–Trinajstić information content (AvgIpc) is 3.29. The molecule has 33 heavy (non-hydrogen) atoms. The van der Waals surface area contributed by atoms with Crippen LogP contribution in [0, 0.1) is 5.82 Å². The van der Waals surface area contributed by atoms with E-state index in [0.29, 0.717) is 38.8 Å². The molecule has 1 N–H and O–H groups in total. The summed E-state index contributed by atoms with van der Waals surface area (Å²) in [4.78, 5) is 14.3. The van der Waals surface area contributed by atoms with Gasteiger partial charge < -0.3 is 14.7 Å². The van der Waals surface area contributed by atoms with Gasteiger partial charge in [-0.2, -0.15) is 4.31 Å². The van der Waals surface area contributed by atoms with Crippen molar-refractivity contribution >= 4 is 15.9 Å². The van der Waals surface area contributed by atoms with Crippen molar-refractivity contribution in [2.45, 2.75) is 42.3 Å². The SMILES string of the molecule is O=C(COC1CCN(S(=O)(=O)c2ccc(F)cc2)C1)N1CCC(O)(Cc2ccccc2)CC1. The topological polar surface area (TPSA) is 87.2 Å². The molecule has 7 nitrogen and oxygen atoms in total. The second-order valence-corrected chi connectivity index (χ2v) is 10.7. The Morgan fingerprint density at radius 2 is 1.73 bits per heavy atom. The third kappa shape index (κ3) is 5.78. The van der Waals surface area contributed by atoms with Crippen molar-refractivity contribution in [1.29, 1.82) is 0 Å². The van der Waals surface area contributed by atoms with E-state index in [9.17, 15) is 22.7 Å². The van der Waals surface area contributed by atoms with Crippen LogP contribution in [0.25, 0.3) is 0 Å². The fourth-order valence-electron chi connectivity index (χ4n) is 4.41. The molecule has 4 rings (SSSR count). The van der Waals surface area contributed by atoms with Crippen LogP contribution in [0.1, 0.15) is 24.8 Å². The monoisotopic (exact) mass is 476 g/mol. The fourth-order valence-corrected chi connectivity index (χ4v) is 5.90. The zero-order valence-corrected chi connectivity index (χ0v) is 19.2. The van der Waals surface area contributed by atoms with Gasteiger partial charge in [-0.05, 0) is 49.1 Å². The second kappa shape index (κ2) is 9.89. The van der Waals surface area contributed by atoms with Gasteiger partial charge in [0.05, 0.1) is 16.6 Å². The minimum Gasteiger partial charge on any atom is -0.389 e. The molecule has 1 amide bonds. The third-order valence-electron chi connectivity index (χ3n) is 6.42. The number of hydrogen-bond acceptors (Lipinski definition) is 5. The molecule has 2 aliphatic heterocycles. The second-order valence-electron chi connectivity index (χ2n) is 8.81. The van der Waals surface area contributed by atoms with Gasteiger partial charge in [-0.1, -0.05) is 30.3 Å². The first-order valence-corrected chi connectivity index (χ1v) is 12.6. The van der Waals surface area contributed by atoms with Crippen molar-refractivity contribution in [1.82, 2.24) is 9.21 Å². The summed E-state index contributed by atoms with van der Waals surface area (Å²) in [7, 11) is -3.72. The smallest absolute Gasteiger partial charge is 0.248 e. The Labute approximate surface area is 193 Å². The Morgan fingerprint density at radius 3 is 2.39 bits per heavy atom. The zero-order chi connectivity index (χ0) is 23.5. The van der Waals surface area contributed by atoms with Crippen LogP contribution in [0.5, 0.6) is 0 Å². The van der Waals surface area contributed by atoms with E-state index in [0.717, 1.165) is 17.7 Å². The van der Waals surface area contributed by atoms with Crippen molar-refractivity contribution < 1.29 is 27.4 Å². The molecule has 0 bridgehead atoms. The quantitative estimate of drug-likeness (QED) is 0.662. The fraction of sp³-hybridized carbons (Fsp3) is 0.458. The molecule has 0 aromatic heterocycles. The van der Waals surface area contributed by atoms with E-state index in [1.54, 1.807) is 4.90 Å². The lowest BCUT2D eigenvalue weighted by atomic mass is 9.85. The molecule has 0 saturated carbocycles. The van der Waals surface area contributed by atoms with Crippen LogP contribution in [-0.2, 0) is 26.0 Å². The van der Waals surface area contributed by atoms with Crippen LogP contribution >= 0.6 is 0 Å². The Kier molecular flexibility index (Phi) is 7.13. The summed E-state index contributed by atoms with van der Waals surface area (Å²) < 4.78 is 45.6. The number of carbonyl (C=O) groups is 1. The molecule has 1 atom stereocenters. The summed E-state index contributed by atoms with van der Waals surface area (Å²) in [6, 6.07) is 14.6. The van der Waals surface area contributed by atoms with Crippen molar-refractivity contribution in [2.24, 2.45) is 0 Å². The number of carbonyl (C=O) groups excluding carboxylic acids is 1. The first-order valence-electron chi connectivity index (χ1n) is 11.2. The van der Waals surface area contributed by atoms with Gasteiger partial charge >= 0.3 is 0 Å². The van der Waals surface area contributed by atoms with Gasteiger partial charge in [-0.25, -0.2) is 12.8 Å². The number of amides is 1. The van der Waals surface area contributed by atoms with Gasteiger partial charge in [-0.15, -0.1) is 0 Å². The van der Waals surface area contributed by atoms with Gasteiger partial charge in [-0.3, -0.25) is 4.79 Å². The first-order chi connectivity index (χ1) is 15.7. The van der Waals surface area contributed by atoms with Crippen molar-refractivity contribution in [3.8, 4) is 0 Å². The maximum atomic E-state index is 13.1. The molecule has 2 aromatic rings. The molecule has 2 aromatic carbocycles. The van der Waals surface area contributed by atoms with Crippen LogP contribution in [0.2, 0.25) is 0 Å². The molecule has 0 radical (unpaired) electrons. The van der Waals surface area contributed by atoms with Crippen LogP contribution in [-0.4, -0.2) is 73.1 Å². The highest BCUT2D eigenvalue weighted by Crippen LogP contribution is 2.27. The molecule has 178 valence electrons. The highest BCUT2D eigenvalue weighted by molar-refractivity contribution is 7.89. The van der Waals surface area contributed by atoms with Crippen molar-refractivity contribution in [2.75, 3.05) is 32.8 Å². The maximum absolute atomic E-state index is 13.1. The van der Waals surface area contributed by atoms with Crippen LogP contribution < -0.4 is 0 Å². The summed E-state index contributed by atoms with van der Waals surface area (Å²) in [6.45, 7) is 1.24. The van der Waals surface area contributed by atoms with E-state index in [2.05, 4.69) is 0 Å². The lowest BCUT2D eigenvalue weighted by Crippen LogP contribution is -2.48. The maximum Gasteiger partial charge on any atom is 0.248 e. The Balaban J connectivity index is 1.23. The first kappa shape index (κ1) is 23.8. The van der Waals surface area contributed by atoms with Crippen LogP contribution in [0.15, 0.2) is 59.5 Å². The zero-order valence-electron chi connectivity index (χ0n) is 18.4. The number of nitrogens with zero attached hydrogens (tertiary/aromatic N) is 2. The molecule has 2 fully saturated rings. The molecule has 9 heteroatoms. The number of rotatable bonds is 7. The van der Waals surface area contributed by atoms with E-state index in [1.807, 2.05) is 30.3 Å². The highest BCUT2D eigenvalue weighted by atomic mass is 32.2. The minimum atomic E-state index is -3.72. The van der Waals surface area contributed by atoms with Crippen molar-refractivity contribution in [3.05, 3.63) is 66.0 Å². The molecule has 1 unspecified atom stereocenters. The molecule has 2 saturated heterocycles. The molecule has 0 aliphatic carbocycles. The molecule has 2 heterocycles. The standard InChI is InChI=1S/C24H29FN2O5S/c25-20-6-8-22(9-7-20)33(30,31)27-13-10-21(17-27)32-18-23(28)26-14-11-24(29,12-15-26)16-19-4-2-1-3-5-19/h1-9,21,29H,10-18H2. The number of sulfonamides is 1. The predicted octanol–water partition coefficient (Wildman–Crippen LogP) is 2.20. The van der Waals surface area contributed by atoms with Gasteiger partial charge in [0.15, 0.2) is 0 Å². The highest BCUT2D eigenvalue weighted by Gasteiger charge is 2.36. The van der Waals surface area contributed by atoms with Gasteiger partial charge in [0.1, 0.15) is 12.4 Å². The van der Waals surface area contributed by atoms with E-state index in [1.165, 1.54) is 16.4 Å². The minimum absolute atomic E-state index is 0.0388. The Bertz CT molecular complexity index is 1050. The summed E-state index contributed by atoms with van der Waals surface area (Å²) in [6.07, 6.45) is 1.68. The van der Waals surface area contributed by atoms with Crippen LogP contribution in [0.3, 0.4) is 0 Å². The molecular weight excluding hydrogens is 447 g/mol. The Morgan fingerprint density at radius 1 is 1.06 bits per heavy atom. The number of hydrogen-bond donors (Lipinski definition) is 1. The van der Waals surface area contributed by atoms with Gasteiger partial charge in [0.2, 0.25) is 15.9 Å². The number of halogens is 1. The lowest BCUT2D eigenvalue weighted by molar-refractivity contribution is -0.142. The van der Waals surface area contributed by atoms with Gasteiger partial charge in [0, 0.05) is 32.6 Å². The normalized spacial score (nSPS) is 21.3. The van der Waals surface area contributed by atoms with Crippen molar-refractivity contribution in [3.63, 3.8) is 0 Å². The molecule has 0 spiro atoms. The van der Waals surface area contributed by atoms with E-state index < -0.39 is 21.4 Å². The number of benzene rings is 2. The molecular formula is C24H29FN2O5S. The number of piperidine rings is 1. The number of ether oxygens (including phenoxy) is 1. The summed E-state index contributed by atoms with van der Waals surface area (Å²) >= 11 is 0. The summed E-state index contributed by atoms with van der Waals surface area (Å²) in [5, 5.41) is 10.9. The Hall–Kier alpha value is -2.33. The third-order valence-corrected chi connectivity index (χ3v) is 8.30. The van der Waals surface area contributed by atoms with E-state index in [4.69, 9.17) is 4.74 Å². The lowest BCUT2D eigenvalue weighted by Gasteiger charge is -2.38. The summed E-state index contributed by atoms with van der Waals surface area (Å²) in [5.74, 6) is -0.650. The largest absolute Gasteiger partial charge is 0.389 e. The van der Waals surface area contributed by atoms with E-state index in [-0.39, 0.29) is 36.6 Å². The van der Waals surface area contributed by atoms with Crippen LogP contribution in [0.4, 0.5) is 4.39 Å². The molecule has 2 aliphatic rings. The predicted molar refractivity (Wildman–Crippen MR) is 120 cm³/mol. The van der Waals surface area contributed by atoms with Gasteiger partial charge in [0.25, 0.3) is 0 Å². The summed E-state index contributed by atoms with van der Waals surface area (Å²) in [5.41, 5.74) is 0.254. The average molecular weight is 477 g/mol. The number of likely N-dealkylation sites (tertiary alicyclic amines) is 1. The van der Waals surface area contributed by atoms with E-state index >= 15 is 0 Å². The number of aliphatic hydroxyl groups is 1.